The molecule has 0 aliphatic carbocycles. The number of carbonyl (C=O) groups excluding carboxylic acids is 1. The standard InChI is InChI=1S/C12H16N4OS2/c1-7-9(3)19-10(15-7)6-14-12(17)16-8(2)11-13-4-5-18-11/h4-5,8H,6H2,1-3H3,(H2,14,16,17)/t8-/m1/s1. The minimum Gasteiger partial charge on any atom is -0.332 e. The minimum absolute atomic E-state index is 0.0835. The Morgan fingerprint density at radius 2 is 2.26 bits per heavy atom. The lowest BCUT2D eigenvalue weighted by Crippen LogP contribution is -2.36. The summed E-state index contributed by atoms with van der Waals surface area (Å²) in [5.41, 5.74) is 1.03. The highest BCUT2D eigenvalue weighted by Gasteiger charge is 2.12. The number of hydrogen-bond donors (Lipinski definition) is 2. The van der Waals surface area contributed by atoms with Gasteiger partial charge in [0.05, 0.1) is 18.3 Å². The van der Waals surface area contributed by atoms with Crippen LogP contribution >= 0.6 is 22.7 Å². The van der Waals surface area contributed by atoms with Crippen molar-refractivity contribution in [2.45, 2.75) is 33.4 Å². The maximum Gasteiger partial charge on any atom is 0.315 e. The first kappa shape index (κ1) is 14.0. The lowest BCUT2D eigenvalue weighted by Gasteiger charge is -2.11. The van der Waals surface area contributed by atoms with Crippen LogP contribution in [0.1, 0.15) is 33.6 Å². The highest BCUT2D eigenvalue weighted by molar-refractivity contribution is 7.11. The van der Waals surface area contributed by atoms with Crippen molar-refractivity contribution in [3.8, 4) is 0 Å². The number of urea groups is 1. The first-order valence-electron chi connectivity index (χ1n) is 5.93. The van der Waals surface area contributed by atoms with Gasteiger partial charge in [0.15, 0.2) is 0 Å². The molecule has 0 saturated carbocycles. The van der Waals surface area contributed by atoms with E-state index in [2.05, 4.69) is 20.6 Å². The summed E-state index contributed by atoms with van der Waals surface area (Å²) in [6.07, 6.45) is 1.73. The fourth-order valence-electron chi connectivity index (χ4n) is 1.53. The van der Waals surface area contributed by atoms with E-state index >= 15 is 0 Å². The quantitative estimate of drug-likeness (QED) is 0.911. The van der Waals surface area contributed by atoms with Crippen molar-refractivity contribution in [1.29, 1.82) is 0 Å². The molecule has 7 heteroatoms. The Hall–Kier alpha value is -1.47. The van der Waals surface area contributed by atoms with Crippen LogP contribution in [0, 0.1) is 13.8 Å². The topological polar surface area (TPSA) is 66.9 Å². The Morgan fingerprint density at radius 3 is 2.84 bits per heavy atom. The molecule has 2 rings (SSSR count). The highest BCUT2D eigenvalue weighted by Crippen LogP contribution is 2.16. The van der Waals surface area contributed by atoms with Crippen molar-refractivity contribution in [2.24, 2.45) is 0 Å². The van der Waals surface area contributed by atoms with Crippen LogP contribution in [0.4, 0.5) is 4.79 Å². The number of nitrogens with zero attached hydrogens (tertiary/aromatic N) is 2. The number of thiazole rings is 2. The van der Waals surface area contributed by atoms with Gasteiger partial charge in [-0.25, -0.2) is 14.8 Å². The van der Waals surface area contributed by atoms with Crippen molar-refractivity contribution in [3.05, 3.63) is 32.2 Å². The molecule has 0 unspecified atom stereocenters. The van der Waals surface area contributed by atoms with Gasteiger partial charge in [0.2, 0.25) is 0 Å². The zero-order valence-corrected chi connectivity index (χ0v) is 12.7. The van der Waals surface area contributed by atoms with Crippen LogP contribution in [0.3, 0.4) is 0 Å². The zero-order chi connectivity index (χ0) is 13.8. The summed E-state index contributed by atoms with van der Waals surface area (Å²) in [4.78, 5) is 21.5. The van der Waals surface area contributed by atoms with Crippen LogP contribution < -0.4 is 10.6 Å². The van der Waals surface area contributed by atoms with Crippen LogP contribution in [0.5, 0.6) is 0 Å². The second kappa shape index (κ2) is 6.12. The first-order chi connectivity index (χ1) is 9.06. The van der Waals surface area contributed by atoms with E-state index in [0.29, 0.717) is 6.54 Å². The maximum absolute atomic E-state index is 11.7. The minimum atomic E-state index is -0.201. The second-order valence-electron chi connectivity index (χ2n) is 4.17. The summed E-state index contributed by atoms with van der Waals surface area (Å²) in [6.45, 7) is 6.37. The molecule has 1 atom stereocenters. The third-order valence-electron chi connectivity index (χ3n) is 2.64. The highest BCUT2D eigenvalue weighted by atomic mass is 32.1. The summed E-state index contributed by atoms with van der Waals surface area (Å²) in [5, 5.41) is 9.37. The van der Waals surface area contributed by atoms with Gasteiger partial charge < -0.3 is 10.6 Å². The molecule has 19 heavy (non-hydrogen) atoms. The van der Waals surface area contributed by atoms with Crippen LogP contribution in [0.25, 0.3) is 0 Å². The average Bonchev–Trinajstić information content (AvgIpc) is 2.98. The van der Waals surface area contributed by atoms with Gasteiger partial charge in [-0.2, -0.15) is 0 Å². The number of nitrogens with one attached hydrogen (secondary N) is 2. The molecule has 2 heterocycles. The summed E-state index contributed by atoms with van der Waals surface area (Å²) >= 11 is 3.14. The summed E-state index contributed by atoms with van der Waals surface area (Å²) in [6, 6.07) is -0.284. The number of aromatic nitrogens is 2. The fourth-order valence-corrected chi connectivity index (χ4v) is 3.05. The van der Waals surface area contributed by atoms with Crippen LogP contribution in [-0.2, 0) is 6.54 Å². The summed E-state index contributed by atoms with van der Waals surface area (Å²) in [5.74, 6) is 0. The van der Waals surface area contributed by atoms with Gasteiger partial charge in [0, 0.05) is 16.5 Å². The molecule has 0 saturated heterocycles. The SMILES string of the molecule is Cc1nc(CNC(=O)N[C@H](C)c2nccs2)sc1C. The smallest absolute Gasteiger partial charge is 0.315 e. The zero-order valence-electron chi connectivity index (χ0n) is 11.1. The Bertz CT molecular complexity index is 531. The van der Waals surface area contributed by atoms with E-state index < -0.39 is 0 Å². The fraction of sp³-hybridized carbons (Fsp3) is 0.417. The molecule has 2 amide bonds. The third kappa shape index (κ3) is 3.74. The average molecular weight is 296 g/mol. The number of aryl methyl sites for hydroxylation is 2. The van der Waals surface area contributed by atoms with Crippen molar-refractivity contribution < 1.29 is 4.79 Å². The molecule has 0 radical (unpaired) electrons. The molecule has 0 fully saturated rings. The van der Waals surface area contributed by atoms with E-state index in [4.69, 9.17) is 0 Å². The second-order valence-corrected chi connectivity index (χ2v) is 6.38. The van der Waals surface area contributed by atoms with Crippen molar-refractivity contribution >= 4 is 28.7 Å². The number of rotatable bonds is 4. The van der Waals surface area contributed by atoms with Gasteiger partial charge in [0.1, 0.15) is 10.0 Å². The molecule has 0 aromatic carbocycles. The van der Waals surface area contributed by atoms with E-state index in [9.17, 15) is 4.79 Å². The van der Waals surface area contributed by atoms with Gasteiger partial charge in [-0.3, -0.25) is 0 Å². The molecular formula is C12H16N4OS2. The molecule has 0 spiro atoms. The normalized spacial score (nSPS) is 12.2. The van der Waals surface area contributed by atoms with Crippen LogP contribution in [0.2, 0.25) is 0 Å². The van der Waals surface area contributed by atoms with E-state index in [1.165, 1.54) is 16.2 Å². The predicted molar refractivity (Wildman–Crippen MR) is 77.5 cm³/mol. The molecule has 0 bridgehead atoms. The van der Waals surface area contributed by atoms with Crippen molar-refractivity contribution in [2.75, 3.05) is 0 Å². The van der Waals surface area contributed by atoms with Gasteiger partial charge in [0.25, 0.3) is 0 Å². The molecule has 0 aliphatic heterocycles. The Labute approximate surface area is 120 Å². The molecule has 2 aromatic heterocycles. The van der Waals surface area contributed by atoms with Crippen LogP contribution in [-0.4, -0.2) is 16.0 Å². The van der Waals surface area contributed by atoms with Crippen LogP contribution in [0.15, 0.2) is 11.6 Å². The molecule has 2 aromatic rings. The van der Waals surface area contributed by atoms with Gasteiger partial charge >= 0.3 is 6.03 Å². The number of hydrogen-bond acceptors (Lipinski definition) is 5. The largest absolute Gasteiger partial charge is 0.332 e. The van der Waals surface area contributed by atoms with E-state index in [0.717, 1.165) is 15.7 Å². The molecule has 5 nitrogen and oxygen atoms in total. The monoisotopic (exact) mass is 296 g/mol. The predicted octanol–water partition coefficient (Wildman–Crippen LogP) is 2.78. The lowest BCUT2D eigenvalue weighted by molar-refractivity contribution is 0.237. The first-order valence-corrected chi connectivity index (χ1v) is 7.62. The van der Waals surface area contributed by atoms with Crippen molar-refractivity contribution in [1.82, 2.24) is 20.6 Å². The Morgan fingerprint density at radius 1 is 1.47 bits per heavy atom. The molecular weight excluding hydrogens is 280 g/mol. The number of carbonyl (C=O) groups is 1. The lowest BCUT2D eigenvalue weighted by atomic mass is 10.4. The van der Waals surface area contributed by atoms with E-state index in [1.54, 1.807) is 17.5 Å². The van der Waals surface area contributed by atoms with Gasteiger partial charge in [-0.05, 0) is 20.8 Å². The molecule has 102 valence electrons. The maximum atomic E-state index is 11.7. The van der Waals surface area contributed by atoms with E-state index in [-0.39, 0.29) is 12.1 Å². The molecule has 0 aliphatic rings. The molecule has 2 N–H and O–H groups in total. The summed E-state index contributed by atoms with van der Waals surface area (Å²) < 4.78 is 0. The third-order valence-corrected chi connectivity index (χ3v) is 4.67. The Kier molecular flexibility index (Phi) is 4.49. The van der Waals surface area contributed by atoms with E-state index in [1.807, 2.05) is 26.2 Å². The van der Waals surface area contributed by atoms with Gasteiger partial charge in [-0.15, -0.1) is 22.7 Å². The number of amides is 2. The van der Waals surface area contributed by atoms with Gasteiger partial charge in [-0.1, -0.05) is 0 Å². The Balaban J connectivity index is 1.81. The summed E-state index contributed by atoms with van der Waals surface area (Å²) in [7, 11) is 0. The van der Waals surface area contributed by atoms with Crippen molar-refractivity contribution in [3.63, 3.8) is 0 Å².